The van der Waals surface area contributed by atoms with Crippen LogP contribution in [0.4, 0.5) is 0 Å². The van der Waals surface area contributed by atoms with E-state index in [4.69, 9.17) is 4.74 Å². The number of halogens is 1. The van der Waals surface area contributed by atoms with Crippen LogP contribution in [0.3, 0.4) is 0 Å². The molecule has 0 saturated heterocycles. The zero-order valence-corrected chi connectivity index (χ0v) is 18.6. The quantitative estimate of drug-likeness (QED) is 0.216. The summed E-state index contributed by atoms with van der Waals surface area (Å²) in [6, 6.07) is 8.44. The van der Waals surface area contributed by atoms with E-state index in [0.29, 0.717) is 6.10 Å². The predicted octanol–water partition coefficient (Wildman–Crippen LogP) is 4.23. The SMILES string of the molecule is CCNC(=NCCCOC1CCCC1)NCCc1c[nH]c2ccccc12.I. The van der Waals surface area contributed by atoms with Crippen LogP contribution in [0.1, 0.15) is 44.6 Å². The van der Waals surface area contributed by atoms with E-state index < -0.39 is 0 Å². The molecule has 2 aromatic rings. The second-order valence-electron chi connectivity index (χ2n) is 6.93. The summed E-state index contributed by atoms with van der Waals surface area (Å²) in [7, 11) is 0. The third-order valence-corrected chi connectivity index (χ3v) is 4.93. The second kappa shape index (κ2) is 12.2. The van der Waals surface area contributed by atoms with Crippen molar-refractivity contribution < 1.29 is 4.74 Å². The highest BCUT2D eigenvalue weighted by molar-refractivity contribution is 14.0. The van der Waals surface area contributed by atoms with E-state index in [-0.39, 0.29) is 24.0 Å². The lowest BCUT2D eigenvalue weighted by Crippen LogP contribution is -2.38. The van der Waals surface area contributed by atoms with Crippen molar-refractivity contribution in [2.24, 2.45) is 4.99 Å². The van der Waals surface area contributed by atoms with Crippen molar-refractivity contribution in [3.63, 3.8) is 0 Å². The molecule has 1 heterocycles. The van der Waals surface area contributed by atoms with E-state index >= 15 is 0 Å². The third kappa shape index (κ3) is 6.99. The van der Waals surface area contributed by atoms with Gasteiger partial charge in [-0.25, -0.2) is 0 Å². The molecule has 27 heavy (non-hydrogen) atoms. The molecule has 1 fully saturated rings. The van der Waals surface area contributed by atoms with Crippen molar-refractivity contribution in [1.29, 1.82) is 0 Å². The minimum atomic E-state index is 0. The molecule has 0 unspecified atom stereocenters. The monoisotopic (exact) mass is 484 g/mol. The van der Waals surface area contributed by atoms with Crippen molar-refractivity contribution in [1.82, 2.24) is 15.6 Å². The van der Waals surface area contributed by atoms with Crippen LogP contribution in [0.15, 0.2) is 35.5 Å². The van der Waals surface area contributed by atoms with Gasteiger partial charge < -0.3 is 20.4 Å². The average molecular weight is 484 g/mol. The molecule has 3 N–H and O–H groups in total. The summed E-state index contributed by atoms with van der Waals surface area (Å²) in [5.41, 5.74) is 2.54. The average Bonchev–Trinajstić information content (AvgIpc) is 3.31. The van der Waals surface area contributed by atoms with Gasteiger partial charge in [-0.05, 0) is 44.2 Å². The Morgan fingerprint density at radius 3 is 2.85 bits per heavy atom. The first-order chi connectivity index (χ1) is 12.9. The summed E-state index contributed by atoms with van der Waals surface area (Å²) in [5.74, 6) is 0.896. The standard InChI is InChI=1S/C21H32N4O.HI/c1-2-22-21(23-13-7-15-26-18-8-3-4-9-18)24-14-12-17-16-25-20-11-6-5-10-19(17)20;/h5-6,10-11,16,18,25H,2-4,7-9,12-15H2,1H3,(H2,22,23,24);1H. The van der Waals surface area contributed by atoms with Gasteiger partial charge in [0.05, 0.1) is 6.10 Å². The van der Waals surface area contributed by atoms with Crippen LogP contribution in [0.25, 0.3) is 10.9 Å². The zero-order valence-electron chi connectivity index (χ0n) is 16.3. The number of aliphatic imine (C=N–C) groups is 1. The topological polar surface area (TPSA) is 61.4 Å². The lowest BCUT2D eigenvalue weighted by Gasteiger charge is -2.12. The van der Waals surface area contributed by atoms with Gasteiger partial charge in [-0.15, -0.1) is 24.0 Å². The van der Waals surface area contributed by atoms with Crippen molar-refractivity contribution >= 4 is 40.8 Å². The number of para-hydroxylation sites is 1. The number of nitrogens with zero attached hydrogens (tertiary/aromatic N) is 1. The molecule has 1 aliphatic carbocycles. The van der Waals surface area contributed by atoms with E-state index in [2.05, 4.69) is 58.0 Å². The maximum Gasteiger partial charge on any atom is 0.191 e. The Bertz CT molecular complexity index is 694. The first-order valence-corrected chi connectivity index (χ1v) is 10.1. The molecule has 0 amide bonds. The first kappa shape index (κ1) is 22.0. The lowest BCUT2D eigenvalue weighted by molar-refractivity contribution is 0.0579. The summed E-state index contributed by atoms with van der Waals surface area (Å²) in [5, 5.41) is 8.07. The van der Waals surface area contributed by atoms with Crippen molar-refractivity contribution in [3.05, 3.63) is 36.0 Å². The summed E-state index contributed by atoms with van der Waals surface area (Å²) in [4.78, 5) is 8.00. The normalized spacial score (nSPS) is 15.1. The largest absolute Gasteiger partial charge is 0.378 e. The summed E-state index contributed by atoms with van der Waals surface area (Å²) in [6.45, 7) is 5.46. The highest BCUT2D eigenvalue weighted by atomic mass is 127. The molecule has 0 atom stereocenters. The zero-order chi connectivity index (χ0) is 18.0. The second-order valence-corrected chi connectivity index (χ2v) is 6.93. The molecule has 5 nitrogen and oxygen atoms in total. The van der Waals surface area contributed by atoms with Crippen LogP contribution in [-0.4, -0.2) is 43.3 Å². The molecule has 6 heteroatoms. The fourth-order valence-corrected chi connectivity index (χ4v) is 3.56. The van der Waals surface area contributed by atoms with E-state index in [1.54, 1.807) is 0 Å². The molecule has 1 saturated carbocycles. The minimum Gasteiger partial charge on any atom is -0.378 e. The number of nitrogens with one attached hydrogen (secondary N) is 3. The fraction of sp³-hybridized carbons (Fsp3) is 0.571. The molecular weight excluding hydrogens is 451 g/mol. The number of aromatic amines is 1. The van der Waals surface area contributed by atoms with E-state index in [0.717, 1.165) is 45.0 Å². The minimum absolute atomic E-state index is 0. The van der Waals surface area contributed by atoms with Crippen LogP contribution >= 0.6 is 24.0 Å². The van der Waals surface area contributed by atoms with Gasteiger partial charge in [0.1, 0.15) is 0 Å². The number of hydrogen-bond donors (Lipinski definition) is 3. The van der Waals surface area contributed by atoms with Gasteiger partial charge in [-0.2, -0.15) is 0 Å². The molecule has 3 rings (SSSR count). The van der Waals surface area contributed by atoms with Gasteiger partial charge >= 0.3 is 0 Å². The van der Waals surface area contributed by atoms with Gasteiger partial charge in [0.15, 0.2) is 5.96 Å². The molecule has 0 bridgehead atoms. The number of ether oxygens (including phenoxy) is 1. The number of hydrogen-bond acceptors (Lipinski definition) is 2. The van der Waals surface area contributed by atoms with E-state index in [1.807, 2.05) is 0 Å². The molecule has 150 valence electrons. The number of aromatic nitrogens is 1. The molecular formula is C21H33IN4O. The highest BCUT2D eigenvalue weighted by Crippen LogP contribution is 2.20. The van der Waals surface area contributed by atoms with Crippen LogP contribution in [0.2, 0.25) is 0 Å². The number of H-pyrrole nitrogens is 1. The molecule has 0 aliphatic heterocycles. The van der Waals surface area contributed by atoms with Crippen LogP contribution in [0.5, 0.6) is 0 Å². The Balaban J connectivity index is 0.00000261. The van der Waals surface area contributed by atoms with Gasteiger partial charge in [-0.3, -0.25) is 4.99 Å². The lowest BCUT2D eigenvalue weighted by atomic mass is 10.1. The smallest absolute Gasteiger partial charge is 0.191 e. The molecule has 1 aromatic carbocycles. The third-order valence-electron chi connectivity index (χ3n) is 4.93. The summed E-state index contributed by atoms with van der Waals surface area (Å²) < 4.78 is 5.90. The van der Waals surface area contributed by atoms with Gasteiger partial charge in [0.25, 0.3) is 0 Å². The van der Waals surface area contributed by atoms with Gasteiger partial charge in [0.2, 0.25) is 0 Å². The fourth-order valence-electron chi connectivity index (χ4n) is 3.56. The maximum absolute atomic E-state index is 5.90. The van der Waals surface area contributed by atoms with Gasteiger partial charge in [-0.1, -0.05) is 31.0 Å². The Morgan fingerprint density at radius 2 is 2.04 bits per heavy atom. The molecule has 1 aliphatic rings. The van der Waals surface area contributed by atoms with Crippen LogP contribution in [0, 0.1) is 0 Å². The van der Waals surface area contributed by atoms with Gasteiger partial charge in [0, 0.05) is 43.3 Å². The summed E-state index contributed by atoms with van der Waals surface area (Å²) >= 11 is 0. The van der Waals surface area contributed by atoms with Crippen molar-refractivity contribution in [3.8, 4) is 0 Å². The molecule has 1 aromatic heterocycles. The Labute approximate surface area is 179 Å². The Morgan fingerprint density at radius 1 is 1.22 bits per heavy atom. The van der Waals surface area contributed by atoms with Crippen LogP contribution in [-0.2, 0) is 11.2 Å². The number of guanidine groups is 1. The van der Waals surface area contributed by atoms with Crippen LogP contribution < -0.4 is 10.6 Å². The predicted molar refractivity (Wildman–Crippen MR) is 124 cm³/mol. The van der Waals surface area contributed by atoms with Crippen molar-refractivity contribution in [2.45, 2.75) is 51.6 Å². The van der Waals surface area contributed by atoms with E-state index in [1.165, 1.54) is 42.1 Å². The number of fused-ring (bicyclic) bond motifs is 1. The van der Waals surface area contributed by atoms with E-state index in [9.17, 15) is 0 Å². The highest BCUT2D eigenvalue weighted by Gasteiger charge is 2.14. The number of benzene rings is 1. The first-order valence-electron chi connectivity index (χ1n) is 10.1. The van der Waals surface area contributed by atoms with Crippen molar-refractivity contribution in [2.75, 3.05) is 26.2 Å². The Hall–Kier alpha value is -1.28. The number of rotatable bonds is 9. The molecule has 0 radical (unpaired) electrons. The Kier molecular flexibility index (Phi) is 9.97. The maximum atomic E-state index is 5.90. The molecule has 0 spiro atoms. The summed E-state index contributed by atoms with van der Waals surface area (Å²) in [6.07, 6.45) is 9.69.